The Balaban J connectivity index is 0.00000267. The Labute approximate surface area is 216 Å². The van der Waals surface area contributed by atoms with E-state index in [-0.39, 0.29) is 41.7 Å². The largest absolute Gasteiger partial charge is 0.480 e. The third kappa shape index (κ3) is 4.64. The number of pyridine rings is 3. The van der Waals surface area contributed by atoms with Gasteiger partial charge in [-0.2, -0.15) is 0 Å². The van der Waals surface area contributed by atoms with Gasteiger partial charge in [0.05, 0.1) is 22.9 Å². The summed E-state index contributed by atoms with van der Waals surface area (Å²) in [6.07, 6.45) is 9.85. The summed E-state index contributed by atoms with van der Waals surface area (Å²) in [7, 11) is 0. The highest BCUT2D eigenvalue weighted by Gasteiger charge is 2.48. The Morgan fingerprint density at radius 1 is 1.08 bits per heavy atom. The standard InChI is InChI=1S/C27H30FN5O2.ClH/c1-17-2-4-21-24(31-17)19(20(28)15-29-21)6-7-26-8-11-27(12-9-26,13-10-26)30-14-18-3-5-22-25(32-18)33-23(34)16-35-22;/h2-5,15,30H,6-14,16H2,1H3,(H,32,33,34);1H. The van der Waals surface area contributed by atoms with E-state index in [1.165, 1.54) is 6.20 Å². The first-order chi connectivity index (χ1) is 16.9. The summed E-state index contributed by atoms with van der Waals surface area (Å²) < 4.78 is 20.2. The van der Waals surface area contributed by atoms with E-state index in [2.05, 4.69) is 25.6 Å². The topological polar surface area (TPSA) is 89.0 Å². The third-order valence-electron chi connectivity index (χ3n) is 8.39. The molecule has 0 saturated heterocycles. The molecule has 3 fully saturated rings. The molecule has 9 heteroatoms. The van der Waals surface area contributed by atoms with Gasteiger partial charge >= 0.3 is 0 Å². The van der Waals surface area contributed by atoms with Crippen LogP contribution in [0.15, 0.2) is 30.5 Å². The van der Waals surface area contributed by atoms with E-state index in [0.29, 0.717) is 35.6 Å². The molecule has 0 spiro atoms. The molecule has 4 aliphatic rings. The minimum Gasteiger partial charge on any atom is -0.480 e. The van der Waals surface area contributed by atoms with Gasteiger partial charge in [-0.15, -0.1) is 12.4 Å². The van der Waals surface area contributed by atoms with Crippen molar-refractivity contribution in [3.8, 4) is 5.75 Å². The van der Waals surface area contributed by atoms with Crippen molar-refractivity contribution >= 4 is 35.2 Å². The molecule has 3 aromatic heterocycles. The van der Waals surface area contributed by atoms with E-state index < -0.39 is 0 Å². The van der Waals surface area contributed by atoms with Crippen LogP contribution in [0.2, 0.25) is 0 Å². The van der Waals surface area contributed by atoms with Gasteiger partial charge in [0.25, 0.3) is 5.91 Å². The molecule has 190 valence electrons. The zero-order valence-corrected chi connectivity index (χ0v) is 21.2. The lowest BCUT2D eigenvalue weighted by atomic mass is 9.55. The van der Waals surface area contributed by atoms with Gasteiger partial charge in [0, 0.05) is 23.3 Å². The molecule has 0 aromatic carbocycles. The van der Waals surface area contributed by atoms with Gasteiger partial charge in [-0.1, -0.05) is 0 Å². The molecule has 4 heterocycles. The summed E-state index contributed by atoms with van der Waals surface area (Å²) in [5.74, 6) is 0.712. The fraction of sp³-hybridized carbons (Fsp3) is 0.481. The first kappa shape index (κ1) is 24.8. The highest BCUT2D eigenvalue weighted by molar-refractivity contribution is 5.94. The molecule has 2 N–H and O–H groups in total. The molecule has 2 bridgehead atoms. The maximum atomic E-state index is 14.7. The molecule has 0 radical (unpaired) electrons. The van der Waals surface area contributed by atoms with Crippen LogP contribution in [0.4, 0.5) is 10.2 Å². The summed E-state index contributed by atoms with van der Waals surface area (Å²) in [5.41, 5.74) is 4.38. The zero-order chi connectivity index (χ0) is 24.0. The van der Waals surface area contributed by atoms with E-state index >= 15 is 0 Å². The van der Waals surface area contributed by atoms with Gasteiger partial charge < -0.3 is 15.4 Å². The van der Waals surface area contributed by atoms with Crippen LogP contribution in [0, 0.1) is 18.2 Å². The third-order valence-corrected chi connectivity index (χ3v) is 8.39. The molecule has 36 heavy (non-hydrogen) atoms. The number of hydrogen-bond acceptors (Lipinski definition) is 6. The van der Waals surface area contributed by atoms with Crippen LogP contribution in [0.5, 0.6) is 5.75 Å². The van der Waals surface area contributed by atoms with Crippen LogP contribution < -0.4 is 15.4 Å². The van der Waals surface area contributed by atoms with Crippen molar-refractivity contribution in [3.63, 3.8) is 0 Å². The van der Waals surface area contributed by atoms with Crippen molar-refractivity contribution in [3.05, 3.63) is 53.2 Å². The molecule has 7 rings (SSSR count). The minimum atomic E-state index is -0.242. The van der Waals surface area contributed by atoms with Crippen LogP contribution in [0.3, 0.4) is 0 Å². The Hall–Kier alpha value is -2.84. The Kier molecular flexibility index (Phi) is 6.59. The number of fused-ring (bicyclic) bond motifs is 5. The lowest BCUT2D eigenvalue weighted by Gasteiger charge is -2.54. The van der Waals surface area contributed by atoms with Crippen molar-refractivity contribution in [2.75, 3.05) is 11.9 Å². The normalized spacial score (nSPS) is 24.6. The fourth-order valence-electron chi connectivity index (χ4n) is 6.11. The number of nitrogens with one attached hydrogen (secondary N) is 2. The number of nitrogens with zero attached hydrogens (tertiary/aromatic N) is 3. The van der Waals surface area contributed by atoms with Gasteiger partial charge in [0.2, 0.25) is 0 Å². The number of carbonyl (C=O) groups excluding carboxylic acids is 1. The number of carbonyl (C=O) groups is 1. The molecule has 1 amide bonds. The molecule has 0 unspecified atom stereocenters. The molecule has 7 nitrogen and oxygen atoms in total. The highest BCUT2D eigenvalue weighted by Crippen LogP contribution is 2.54. The van der Waals surface area contributed by atoms with Gasteiger partial charge in [-0.05, 0) is 88.0 Å². The molecule has 1 aliphatic heterocycles. The molecule has 3 aromatic rings. The number of halogens is 2. The molecule has 3 saturated carbocycles. The van der Waals surface area contributed by atoms with E-state index in [1.807, 2.05) is 31.2 Å². The molecule has 0 atom stereocenters. The molecule has 3 aliphatic carbocycles. The number of amides is 1. The van der Waals surface area contributed by atoms with Gasteiger partial charge in [-0.3, -0.25) is 14.8 Å². The number of anilines is 1. The summed E-state index contributed by atoms with van der Waals surface area (Å²) >= 11 is 0. The quantitative estimate of drug-likeness (QED) is 0.482. The second kappa shape index (κ2) is 9.56. The van der Waals surface area contributed by atoms with Crippen molar-refractivity contribution in [2.45, 2.75) is 70.4 Å². The SMILES string of the molecule is Cc1ccc2ncc(F)c(CCC34CCC(NCc5ccc6c(n5)NC(=O)CO6)(CC3)CC4)c2n1.Cl. The predicted octanol–water partition coefficient (Wildman–Crippen LogP) is 5.04. The predicted molar refractivity (Wildman–Crippen MR) is 138 cm³/mol. The maximum Gasteiger partial charge on any atom is 0.263 e. The Bertz CT molecular complexity index is 1290. The first-order valence-electron chi connectivity index (χ1n) is 12.5. The van der Waals surface area contributed by atoms with Crippen LogP contribution in [-0.4, -0.2) is 33.0 Å². The van der Waals surface area contributed by atoms with Gasteiger partial charge in [0.15, 0.2) is 18.2 Å². The van der Waals surface area contributed by atoms with Crippen molar-refractivity contribution in [2.24, 2.45) is 5.41 Å². The lowest BCUT2D eigenvalue weighted by molar-refractivity contribution is -0.118. The average Bonchev–Trinajstić information content (AvgIpc) is 2.88. The van der Waals surface area contributed by atoms with Crippen molar-refractivity contribution in [1.29, 1.82) is 0 Å². The van der Waals surface area contributed by atoms with Gasteiger partial charge in [-0.25, -0.2) is 9.37 Å². The Morgan fingerprint density at radius 2 is 1.86 bits per heavy atom. The van der Waals surface area contributed by atoms with E-state index in [9.17, 15) is 9.18 Å². The van der Waals surface area contributed by atoms with E-state index in [4.69, 9.17) is 4.74 Å². The second-order valence-corrected chi connectivity index (χ2v) is 10.5. The monoisotopic (exact) mass is 511 g/mol. The average molecular weight is 512 g/mol. The number of aromatic nitrogens is 3. The molecular weight excluding hydrogens is 481 g/mol. The summed E-state index contributed by atoms with van der Waals surface area (Å²) in [5, 5.41) is 6.58. The highest BCUT2D eigenvalue weighted by atomic mass is 35.5. The minimum absolute atomic E-state index is 0. The van der Waals surface area contributed by atoms with Gasteiger partial charge in [0.1, 0.15) is 5.82 Å². The van der Waals surface area contributed by atoms with Crippen LogP contribution >= 0.6 is 12.4 Å². The number of rotatable bonds is 6. The summed E-state index contributed by atoms with van der Waals surface area (Å²) in [6.45, 7) is 2.64. The number of aryl methyl sites for hydroxylation is 2. The van der Waals surface area contributed by atoms with Crippen LogP contribution in [0.25, 0.3) is 11.0 Å². The fourth-order valence-corrected chi connectivity index (χ4v) is 6.11. The van der Waals surface area contributed by atoms with Crippen LogP contribution in [-0.2, 0) is 17.8 Å². The smallest absolute Gasteiger partial charge is 0.263 e. The first-order valence-corrected chi connectivity index (χ1v) is 12.5. The second-order valence-electron chi connectivity index (χ2n) is 10.5. The van der Waals surface area contributed by atoms with Crippen molar-refractivity contribution < 1.29 is 13.9 Å². The van der Waals surface area contributed by atoms with E-state index in [0.717, 1.165) is 61.9 Å². The van der Waals surface area contributed by atoms with Crippen LogP contribution in [0.1, 0.15) is 61.9 Å². The zero-order valence-electron chi connectivity index (χ0n) is 20.4. The number of ether oxygens (including phenoxy) is 1. The number of hydrogen-bond donors (Lipinski definition) is 2. The summed E-state index contributed by atoms with van der Waals surface area (Å²) in [4.78, 5) is 25.0. The van der Waals surface area contributed by atoms with E-state index in [1.54, 1.807) is 0 Å². The molecular formula is C27H31ClFN5O2. The van der Waals surface area contributed by atoms with Crippen molar-refractivity contribution in [1.82, 2.24) is 20.3 Å². The lowest BCUT2D eigenvalue weighted by Crippen LogP contribution is -2.54. The Morgan fingerprint density at radius 3 is 2.64 bits per heavy atom. The summed E-state index contributed by atoms with van der Waals surface area (Å²) in [6, 6.07) is 7.69. The maximum absolute atomic E-state index is 14.7.